The number of esters is 1. The van der Waals surface area contributed by atoms with E-state index in [0.717, 1.165) is 23.0 Å². The molecule has 1 heterocycles. The van der Waals surface area contributed by atoms with Crippen molar-refractivity contribution in [1.82, 2.24) is 4.98 Å². The molecule has 0 bridgehead atoms. The second kappa shape index (κ2) is 6.58. The number of rotatable bonds is 4. The van der Waals surface area contributed by atoms with Gasteiger partial charge in [-0.15, -0.1) is 0 Å². The second-order valence-electron chi connectivity index (χ2n) is 3.64. The molecule has 6 nitrogen and oxygen atoms in total. The molecule has 0 saturated heterocycles. The fourth-order valence-corrected chi connectivity index (χ4v) is 2.12. The lowest BCUT2D eigenvalue weighted by atomic mass is 10.2. The zero-order valence-electron chi connectivity index (χ0n) is 10.6. The van der Waals surface area contributed by atoms with E-state index in [1.54, 1.807) is 6.21 Å². The van der Waals surface area contributed by atoms with E-state index < -0.39 is 11.5 Å². The number of carbonyl (C=O) groups excluding carboxylic acids is 1. The first kappa shape index (κ1) is 13.9. The van der Waals surface area contributed by atoms with Crippen LogP contribution >= 0.6 is 11.3 Å². The monoisotopic (exact) mass is 289 g/mol. The number of hydrogen-bond acceptors (Lipinski definition) is 7. The van der Waals surface area contributed by atoms with Crippen LogP contribution in [0.5, 0.6) is 0 Å². The molecule has 0 atom stereocenters. The first-order valence-electron chi connectivity index (χ1n) is 5.63. The molecule has 0 spiro atoms. The van der Waals surface area contributed by atoms with Crippen LogP contribution in [0.15, 0.2) is 46.3 Å². The molecule has 102 valence electrons. The normalized spacial score (nSPS) is 10.4. The van der Waals surface area contributed by atoms with E-state index in [9.17, 15) is 9.59 Å². The SMILES string of the molecule is COC(=O)c1cc(=O)nc(N/N=C/c2ccccc2)s1. The Morgan fingerprint density at radius 3 is 2.85 bits per heavy atom. The standard InChI is InChI=1S/C13H11N3O3S/c1-19-12(18)10-7-11(17)15-13(20-10)16-14-8-9-5-3-2-4-6-9/h2-8H,1H3,(H,15,16,17)/b14-8+. The molecule has 0 aliphatic rings. The highest BCUT2D eigenvalue weighted by molar-refractivity contribution is 7.17. The van der Waals surface area contributed by atoms with E-state index in [-0.39, 0.29) is 10.0 Å². The summed E-state index contributed by atoms with van der Waals surface area (Å²) in [5, 5.41) is 4.19. The largest absolute Gasteiger partial charge is 0.465 e. The number of ether oxygens (including phenoxy) is 1. The predicted molar refractivity (Wildman–Crippen MR) is 77.4 cm³/mol. The van der Waals surface area contributed by atoms with Gasteiger partial charge in [0.15, 0.2) is 0 Å². The van der Waals surface area contributed by atoms with Crippen molar-refractivity contribution >= 4 is 28.7 Å². The Labute approximate surface area is 118 Å². The minimum atomic E-state index is -0.579. The Kier molecular flexibility index (Phi) is 4.56. The van der Waals surface area contributed by atoms with Crippen LogP contribution in [0, 0.1) is 0 Å². The van der Waals surface area contributed by atoms with Crippen LogP contribution in [0.25, 0.3) is 0 Å². The molecule has 0 fully saturated rings. The van der Waals surface area contributed by atoms with Gasteiger partial charge in [-0.25, -0.2) is 4.79 Å². The Morgan fingerprint density at radius 1 is 1.40 bits per heavy atom. The first-order valence-corrected chi connectivity index (χ1v) is 6.45. The molecule has 0 radical (unpaired) electrons. The zero-order chi connectivity index (χ0) is 14.4. The van der Waals surface area contributed by atoms with Crippen LogP contribution in [-0.2, 0) is 4.74 Å². The smallest absolute Gasteiger partial charge is 0.348 e. The van der Waals surface area contributed by atoms with Crippen LogP contribution < -0.4 is 11.0 Å². The molecular formula is C13H11N3O3S. The fraction of sp³-hybridized carbons (Fsp3) is 0.0769. The van der Waals surface area contributed by atoms with Crippen molar-refractivity contribution in [2.75, 3.05) is 12.5 Å². The van der Waals surface area contributed by atoms with Gasteiger partial charge in [0.05, 0.1) is 13.3 Å². The van der Waals surface area contributed by atoms with Crippen LogP contribution in [0.1, 0.15) is 15.2 Å². The van der Waals surface area contributed by atoms with Gasteiger partial charge in [0.1, 0.15) is 4.88 Å². The number of methoxy groups -OCH3 is 1. The molecule has 0 aliphatic carbocycles. The number of nitrogens with zero attached hydrogens (tertiary/aromatic N) is 2. The van der Waals surface area contributed by atoms with Gasteiger partial charge < -0.3 is 4.74 Å². The van der Waals surface area contributed by atoms with Crippen LogP contribution in [-0.4, -0.2) is 24.3 Å². The summed E-state index contributed by atoms with van der Waals surface area (Å²) < 4.78 is 4.56. The van der Waals surface area contributed by atoms with Gasteiger partial charge in [0.2, 0.25) is 5.13 Å². The van der Waals surface area contributed by atoms with E-state index >= 15 is 0 Å². The number of carbonyl (C=O) groups is 1. The fourth-order valence-electron chi connectivity index (χ4n) is 1.35. The Hall–Kier alpha value is -2.54. The molecule has 2 rings (SSSR count). The minimum absolute atomic E-state index is 0.171. The average Bonchev–Trinajstić information content (AvgIpc) is 2.47. The van der Waals surface area contributed by atoms with Gasteiger partial charge in [-0.3, -0.25) is 10.2 Å². The Morgan fingerprint density at radius 2 is 2.15 bits per heavy atom. The van der Waals surface area contributed by atoms with Crippen molar-refractivity contribution in [3.8, 4) is 0 Å². The van der Waals surface area contributed by atoms with Gasteiger partial charge in [-0.1, -0.05) is 41.7 Å². The van der Waals surface area contributed by atoms with Gasteiger partial charge in [0, 0.05) is 6.07 Å². The summed E-state index contributed by atoms with van der Waals surface area (Å²) in [6.07, 6.45) is 1.59. The topological polar surface area (TPSA) is 80.7 Å². The van der Waals surface area contributed by atoms with Crippen molar-refractivity contribution in [3.05, 3.63) is 57.2 Å². The third-order valence-corrected chi connectivity index (χ3v) is 3.11. The third kappa shape index (κ3) is 3.72. The third-order valence-electron chi connectivity index (χ3n) is 2.23. The molecule has 0 unspecified atom stereocenters. The van der Waals surface area contributed by atoms with E-state index in [0.29, 0.717) is 0 Å². The maximum atomic E-state index is 11.4. The zero-order valence-corrected chi connectivity index (χ0v) is 11.4. The van der Waals surface area contributed by atoms with Gasteiger partial charge >= 0.3 is 5.97 Å². The molecule has 0 aliphatic heterocycles. The summed E-state index contributed by atoms with van der Waals surface area (Å²) in [6, 6.07) is 10.6. The summed E-state index contributed by atoms with van der Waals surface area (Å²) in [4.78, 5) is 26.6. The van der Waals surface area contributed by atoms with Crippen molar-refractivity contribution in [1.29, 1.82) is 0 Å². The molecule has 1 N–H and O–H groups in total. The number of hydrogen-bond donors (Lipinski definition) is 1. The number of anilines is 1. The molecule has 20 heavy (non-hydrogen) atoms. The van der Waals surface area contributed by atoms with E-state index in [2.05, 4.69) is 20.2 Å². The lowest BCUT2D eigenvalue weighted by molar-refractivity contribution is 0.0606. The summed E-state index contributed by atoms with van der Waals surface area (Å²) in [7, 11) is 1.25. The molecule has 1 aromatic carbocycles. The van der Waals surface area contributed by atoms with Gasteiger partial charge in [-0.05, 0) is 5.56 Å². The van der Waals surface area contributed by atoms with Crippen molar-refractivity contribution in [2.45, 2.75) is 0 Å². The number of hydrazone groups is 1. The highest BCUT2D eigenvalue weighted by Crippen LogP contribution is 2.14. The summed E-state index contributed by atoms with van der Waals surface area (Å²) >= 11 is 0.994. The van der Waals surface area contributed by atoms with E-state index in [4.69, 9.17) is 0 Å². The average molecular weight is 289 g/mol. The summed E-state index contributed by atoms with van der Waals surface area (Å²) in [6.45, 7) is 0. The lowest BCUT2D eigenvalue weighted by Gasteiger charge is -2.00. The highest BCUT2D eigenvalue weighted by atomic mass is 32.1. The van der Waals surface area contributed by atoms with Gasteiger partial charge in [-0.2, -0.15) is 10.1 Å². The van der Waals surface area contributed by atoms with E-state index in [1.165, 1.54) is 7.11 Å². The van der Waals surface area contributed by atoms with Crippen molar-refractivity contribution in [2.24, 2.45) is 5.10 Å². The Balaban J connectivity index is 2.14. The maximum absolute atomic E-state index is 11.4. The van der Waals surface area contributed by atoms with Crippen molar-refractivity contribution < 1.29 is 9.53 Å². The minimum Gasteiger partial charge on any atom is -0.465 e. The highest BCUT2D eigenvalue weighted by Gasteiger charge is 2.09. The Bertz CT molecular complexity index is 683. The van der Waals surface area contributed by atoms with Crippen LogP contribution in [0.4, 0.5) is 5.13 Å². The van der Waals surface area contributed by atoms with Crippen LogP contribution in [0.2, 0.25) is 0 Å². The number of nitrogens with one attached hydrogen (secondary N) is 1. The van der Waals surface area contributed by atoms with Gasteiger partial charge in [0.25, 0.3) is 5.56 Å². The maximum Gasteiger partial charge on any atom is 0.348 e. The molecular weight excluding hydrogens is 278 g/mol. The van der Waals surface area contributed by atoms with Crippen LogP contribution in [0.3, 0.4) is 0 Å². The molecule has 2 aromatic rings. The van der Waals surface area contributed by atoms with Crippen molar-refractivity contribution in [3.63, 3.8) is 0 Å². The molecule has 7 heteroatoms. The first-order chi connectivity index (χ1) is 9.69. The molecule has 0 saturated carbocycles. The number of benzene rings is 1. The summed E-state index contributed by atoms with van der Waals surface area (Å²) in [5.74, 6) is -0.579. The summed E-state index contributed by atoms with van der Waals surface area (Å²) in [5.41, 5.74) is 3.00. The van der Waals surface area contributed by atoms with E-state index in [1.807, 2.05) is 30.3 Å². The quantitative estimate of drug-likeness (QED) is 0.527. The lowest BCUT2D eigenvalue weighted by Crippen LogP contribution is -2.10. The molecule has 1 aromatic heterocycles. The predicted octanol–water partition coefficient (Wildman–Crippen LogP) is 1.74. The second-order valence-corrected chi connectivity index (χ2v) is 4.67. The number of aromatic nitrogens is 1. The molecule has 0 amide bonds.